The Morgan fingerprint density at radius 2 is 1.86 bits per heavy atom. The molecule has 0 amide bonds. The Morgan fingerprint density at radius 3 is 2.36 bits per heavy atom. The van der Waals surface area contributed by atoms with Crippen molar-refractivity contribution in [2.45, 2.75) is 26.2 Å². The predicted molar refractivity (Wildman–Crippen MR) is 53.2 cm³/mol. The van der Waals surface area contributed by atoms with E-state index >= 15 is 0 Å². The molecule has 0 spiro atoms. The molecule has 1 aromatic rings. The zero-order valence-electron chi connectivity index (χ0n) is 8.57. The SMILES string of the molecule is CC(C)(C)c1ccccc1C(=O)OO. The summed E-state index contributed by atoms with van der Waals surface area (Å²) in [6.07, 6.45) is 0. The van der Waals surface area contributed by atoms with Crippen LogP contribution in [0.15, 0.2) is 24.3 Å². The van der Waals surface area contributed by atoms with Crippen molar-refractivity contribution in [3.05, 3.63) is 35.4 Å². The van der Waals surface area contributed by atoms with Gasteiger partial charge in [0.15, 0.2) is 0 Å². The maximum atomic E-state index is 11.2. The molecule has 0 fully saturated rings. The Balaban J connectivity index is 3.23. The van der Waals surface area contributed by atoms with Crippen molar-refractivity contribution in [3.8, 4) is 0 Å². The van der Waals surface area contributed by atoms with Crippen LogP contribution in [0.3, 0.4) is 0 Å². The van der Waals surface area contributed by atoms with Crippen LogP contribution in [-0.2, 0) is 10.3 Å². The number of hydrogen-bond acceptors (Lipinski definition) is 3. The van der Waals surface area contributed by atoms with Gasteiger partial charge >= 0.3 is 5.97 Å². The molecule has 0 aliphatic heterocycles. The highest BCUT2D eigenvalue weighted by Gasteiger charge is 2.21. The highest BCUT2D eigenvalue weighted by atomic mass is 17.1. The molecule has 76 valence electrons. The van der Waals surface area contributed by atoms with Gasteiger partial charge in [0.25, 0.3) is 0 Å². The van der Waals surface area contributed by atoms with Gasteiger partial charge in [-0.2, -0.15) is 5.26 Å². The fourth-order valence-corrected chi connectivity index (χ4v) is 1.36. The average molecular weight is 194 g/mol. The Bertz CT molecular complexity index is 337. The quantitative estimate of drug-likeness (QED) is 0.552. The Labute approximate surface area is 83.3 Å². The Morgan fingerprint density at radius 1 is 1.29 bits per heavy atom. The van der Waals surface area contributed by atoms with Crippen LogP contribution in [-0.4, -0.2) is 11.2 Å². The molecule has 0 saturated heterocycles. The van der Waals surface area contributed by atoms with Crippen molar-refractivity contribution >= 4 is 5.97 Å². The maximum absolute atomic E-state index is 11.2. The average Bonchev–Trinajstić information content (AvgIpc) is 2.15. The largest absolute Gasteiger partial charge is 0.373 e. The Hall–Kier alpha value is -1.35. The minimum absolute atomic E-state index is 0.148. The molecular formula is C11H14O3. The molecule has 0 unspecified atom stereocenters. The molecule has 1 rings (SSSR count). The van der Waals surface area contributed by atoms with Crippen molar-refractivity contribution in [1.29, 1.82) is 0 Å². The van der Waals surface area contributed by atoms with Gasteiger partial charge in [0.1, 0.15) is 0 Å². The molecule has 14 heavy (non-hydrogen) atoms. The summed E-state index contributed by atoms with van der Waals surface area (Å²) in [5.41, 5.74) is 1.12. The predicted octanol–water partition coefficient (Wildman–Crippen LogP) is 2.61. The lowest BCUT2D eigenvalue weighted by molar-refractivity contribution is -0.182. The summed E-state index contributed by atoms with van der Waals surface area (Å²) in [6.45, 7) is 5.99. The minimum atomic E-state index is -0.712. The summed E-state index contributed by atoms with van der Waals surface area (Å²) in [6, 6.07) is 7.08. The lowest BCUT2D eigenvalue weighted by Gasteiger charge is -2.21. The van der Waals surface area contributed by atoms with E-state index in [9.17, 15) is 4.79 Å². The molecular weight excluding hydrogens is 180 g/mol. The highest BCUT2D eigenvalue weighted by Crippen LogP contribution is 2.25. The van der Waals surface area contributed by atoms with E-state index in [0.29, 0.717) is 5.56 Å². The fraction of sp³-hybridized carbons (Fsp3) is 0.364. The molecule has 0 saturated carbocycles. The molecule has 0 heterocycles. The Kier molecular flexibility index (Phi) is 2.91. The number of hydrogen-bond donors (Lipinski definition) is 1. The van der Waals surface area contributed by atoms with E-state index in [-0.39, 0.29) is 5.41 Å². The van der Waals surface area contributed by atoms with Gasteiger partial charge in [-0.3, -0.25) is 4.89 Å². The van der Waals surface area contributed by atoms with Gasteiger partial charge in [-0.15, -0.1) is 0 Å². The highest BCUT2D eigenvalue weighted by molar-refractivity contribution is 5.91. The molecule has 0 radical (unpaired) electrons. The second-order valence-corrected chi connectivity index (χ2v) is 4.17. The van der Waals surface area contributed by atoms with Gasteiger partial charge in [0.05, 0.1) is 5.56 Å². The van der Waals surface area contributed by atoms with E-state index in [0.717, 1.165) is 5.56 Å². The first-order chi connectivity index (χ1) is 6.46. The smallest absolute Gasteiger partial charge is 0.295 e. The zero-order chi connectivity index (χ0) is 10.8. The van der Waals surface area contributed by atoms with Crippen LogP contribution in [0, 0.1) is 0 Å². The van der Waals surface area contributed by atoms with E-state index in [1.165, 1.54) is 0 Å². The first-order valence-electron chi connectivity index (χ1n) is 4.42. The number of carbonyl (C=O) groups excluding carboxylic acids is 1. The lowest BCUT2D eigenvalue weighted by Crippen LogP contribution is -2.17. The van der Waals surface area contributed by atoms with E-state index in [1.54, 1.807) is 12.1 Å². The monoisotopic (exact) mass is 194 g/mol. The molecule has 0 atom stereocenters. The van der Waals surface area contributed by atoms with Crippen LogP contribution in [0.2, 0.25) is 0 Å². The van der Waals surface area contributed by atoms with Gasteiger partial charge in [-0.05, 0) is 17.0 Å². The van der Waals surface area contributed by atoms with Crippen molar-refractivity contribution in [2.75, 3.05) is 0 Å². The topological polar surface area (TPSA) is 46.5 Å². The van der Waals surface area contributed by atoms with Gasteiger partial charge in [-0.25, -0.2) is 4.79 Å². The molecule has 3 nitrogen and oxygen atoms in total. The van der Waals surface area contributed by atoms with Crippen molar-refractivity contribution in [3.63, 3.8) is 0 Å². The third-order valence-corrected chi connectivity index (χ3v) is 2.04. The van der Waals surface area contributed by atoms with Crippen LogP contribution in [0.1, 0.15) is 36.7 Å². The normalized spacial score (nSPS) is 11.1. The number of carbonyl (C=O) groups is 1. The van der Waals surface area contributed by atoms with E-state index in [4.69, 9.17) is 5.26 Å². The molecule has 3 heteroatoms. The van der Waals surface area contributed by atoms with Gasteiger partial charge in [0.2, 0.25) is 0 Å². The number of rotatable bonds is 1. The lowest BCUT2D eigenvalue weighted by atomic mass is 9.84. The zero-order valence-corrected chi connectivity index (χ0v) is 8.57. The minimum Gasteiger partial charge on any atom is -0.295 e. The molecule has 0 aliphatic carbocycles. The summed E-state index contributed by atoms with van der Waals surface area (Å²) >= 11 is 0. The summed E-state index contributed by atoms with van der Waals surface area (Å²) in [4.78, 5) is 14.9. The first-order valence-corrected chi connectivity index (χ1v) is 4.42. The summed E-state index contributed by atoms with van der Waals surface area (Å²) < 4.78 is 0. The third kappa shape index (κ3) is 2.12. The van der Waals surface area contributed by atoms with Gasteiger partial charge in [-0.1, -0.05) is 39.0 Å². The molecule has 1 N–H and O–H groups in total. The van der Waals surface area contributed by atoms with Crippen LogP contribution in [0.4, 0.5) is 0 Å². The maximum Gasteiger partial charge on any atom is 0.373 e. The van der Waals surface area contributed by atoms with Crippen molar-refractivity contribution < 1.29 is 14.9 Å². The van der Waals surface area contributed by atoms with Crippen LogP contribution in [0.5, 0.6) is 0 Å². The summed E-state index contributed by atoms with van der Waals surface area (Å²) in [7, 11) is 0. The van der Waals surface area contributed by atoms with E-state index in [2.05, 4.69) is 4.89 Å². The van der Waals surface area contributed by atoms with E-state index < -0.39 is 5.97 Å². The van der Waals surface area contributed by atoms with Crippen molar-refractivity contribution in [1.82, 2.24) is 0 Å². The van der Waals surface area contributed by atoms with Gasteiger partial charge in [0, 0.05) is 0 Å². The molecule has 0 aromatic heterocycles. The number of benzene rings is 1. The standard InChI is InChI=1S/C11H14O3/c1-11(2,3)9-7-5-4-6-8(9)10(12)14-13/h4-7,13H,1-3H3. The third-order valence-electron chi connectivity index (χ3n) is 2.04. The molecule has 0 aliphatic rings. The van der Waals surface area contributed by atoms with Gasteiger partial charge < -0.3 is 0 Å². The van der Waals surface area contributed by atoms with Crippen LogP contribution < -0.4 is 0 Å². The summed E-state index contributed by atoms with van der Waals surface area (Å²) in [5, 5.41) is 8.33. The second-order valence-electron chi connectivity index (χ2n) is 4.17. The van der Waals surface area contributed by atoms with Crippen molar-refractivity contribution in [2.24, 2.45) is 0 Å². The van der Waals surface area contributed by atoms with E-state index in [1.807, 2.05) is 32.9 Å². The fourth-order valence-electron chi connectivity index (χ4n) is 1.36. The van der Waals surface area contributed by atoms with Crippen LogP contribution >= 0.6 is 0 Å². The van der Waals surface area contributed by atoms with Crippen LogP contribution in [0.25, 0.3) is 0 Å². The second kappa shape index (κ2) is 3.80. The molecule has 1 aromatic carbocycles. The first kappa shape index (κ1) is 10.7. The summed E-state index contributed by atoms with van der Waals surface area (Å²) in [5.74, 6) is -0.712. The molecule has 0 bridgehead atoms.